The first kappa shape index (κ1) is 32.3. The van der Waals surface area contributed by atoms with E-state index >= 15 is 0 Å². The van der Waals surface area contributed by atoms with E-state index in [1.165, 1.54) is 11.1 Å². The number of aliphatic carboxylic acids is 2. The minimum Gasteiger partial charge on any atom is -0.489 e. The number of nitrogens with zero attached hydrogens (tertiary/aromatic N) is 3. The lowest BCUT2D eigenvalue weighted by Gasteiger charge is -2.30. The number of hydrogen-bond donors (Lipinski definition) is 2. The first-order valence-corrected chi connectivity index (χ1v) is 14.2. The molecule has 0 bridgehead atoms. The quantitative estimate of drug-likeness (QED) is 0.285. The largest absolute Gasteiger partial charge is 0.490 e. The van der Waals surface area contributed by atoms with Crippen LogP contribution in [0.4, 0.5) is 13.2 Å². The number of carboxylic acids is 2. The summed E-state index contributed by atoms with van der Waals surface area (Å²) in [5.74, 6) is -2.98. The summed E-state index contributed by atoms with van der Waals surface area (Å²) in [4.78, 5) is 22.5. The second kappa shape index (κ2) is 14.1. The minimum absolute atomic E-state index is 0.0553. The van der Waals surface area contributed by atoms with Crippen LogP contribution in [0, 0.1) is 5.92 Å². The van der Waals surface area contributed by atoms with E-state index in [1.54, 1.807) is 11.3 Å². The van der Waals surface area contributed by atoms with Gasteiger partial charge in [0.2, 0.25) is 0 Å². The molecule has 0 aliphatic carbocycles. The SMILES string of the molecule is CCc1c(CN2CCC(C(=O)O)CC2)cccc1-c1nnc(-c2ccc(OC(C)C)c(Cl)c2)s1.O=C(O)C(F)(F)F. The normalized spacial score (nSPS) is 14.4. The summed E-state index contributed by atoms with van der Waals surface area (Å²) >= 11 is 7.98. The number of piperidine rings is 1. The van der Waals surface area contributed by atoms with Gasteiger partial charge in [-0.2, -0.15) is 13.2 Å². The number of alkyl halides is 3. The van der Waals surface area contributed by atoms with Gasteiger partial charge < -0.3 is 14.9 Å². The number of ether oxygens (including phenoxy) is 1. The fourth-order valence-electron chi connectivity index (χ4n) is 4.41. The van der Waals surface area contributed by atoms with Gasteiger partial charge in [0.25, 0.3) is 0 Å². The maximum absolute atomic E-state index is 11.3. The van der Waals surface area contributed by atoms with E-state index in [4.69, 9.17) is 26.2 Å². The standard InChI is InChI=1S/C26H30ClN3O3S.C2HF3O2/c1-4-20-19(15-30-12-10-17(11-13-30)26(31)32)6-5-7-21(20)25-29-28-24(34-25)18-8-9-23(22(27)14-18)33-16(2)3;3-2(4,5)1(6)7/h5-9,14,16-17H,4,10-13,15H2,1-3H3,(H,31,32);(H,6,7). The average molecular weight is 614 g/mol. The Bertz CT molecular complexity index is 1360. The summed E-state index contributed by atoms with van der Waals surface area (Å²) in [7, 11) is 0. The molecule has 0 atom stereocenters. The van der Waals surface area contributed by atoms with Gasteiger partial charge in [0.1, 0.15) is 15.8 Å². The monoisotopic (exact) mass is 613 g/mol. The van der Waals surface area contributed by atoms with Crippen molar-refractivity contribution in [3.05, 3.63) is 52.5 Å². The highest BCUT2D eigenvalue weighted by Crippen LogP contribution is 2.36. The van der Waals surface area contributed by atoms with Crippen molar-refractivity contribution < 1.29 is 37.7 Å². The number of hydrogen-bond acceptors (Lipinski definition) is 7. The maximum atomic E-state index is 11.3. The van der Waals surface area contributed by atoms with Crippen LogP contribution in [0.1, 0.15) is 44.7 Å². The zero-order chi connectivity index (χ0) is 30.3. The number of carbonyl (C=O) groups is 2. The zero-order valence-electron chi connectivity index (χ0n) is 22.7. The molecule has 3 aromatic rings. The Balaban J connectivity index is 0.000000587. The van der Waals surface area contributed by atoms with Gasteiger partial charge >= 0.3 is 18.1 Å². The van der Waals surface area contributed by atoms with Gasteiger partial charge in [0.15, 0.2) is 0 Å². The topological polar surface area (TPSA) is 113 Å². The highest BCUT2D eigenvalue weighted by atomic mass is 35.5. The average Bonchev–Trinajstić information content (AvgIpc) is 3.40. The molecule has 222 valence electrons. The molecule has 1 saturated heterocycles. The van der Waals surface area contributed by atoms with Crippen molar-refractivity contribution in [1.29, 1.82) is 0 Å². The molecule has 0 amide bonds. The molecule has 1 fully saturated rings. The maximum Gasteiger partial charge on any atom is 0.490 e. The molecule has 0 radical (unpaired) electrons. The summed E-state index contributed by atoms with van der Waals surface area (Å²) in [6.45, 7) is 8.54. The predicted octanol–water partition coefficient (Wildman–Crippen LogP) is 6.81. The predicted molar refractivity (Wildman–Crippen MR) is 150 cm³/mol. The fourth-order valence-corrected chi connectivity index (χ4v) is 5.53. The van der Waals surface area contributed by atoms with E-state index in [-0.39, 0.29) is 12.0 Å². The second-order valence-corrected chi connectivity index (χ2v) is 11.1. The van der Waals surface area contributed by atoms with Crippen molar-refractivity contribution in [2.45, 2.75) is 58.9 Å². The van der Waals surface area contributed by atoms with Crippen molar-refractivity contribution in [1.82, 2.24) is 15.1 Å². The highest BCUT2D eigenvalue weighted by molar-refractivity contribution is 7.17. The number of likely N-dealkylation sites (tertiary alicyclic amines) is 1. The summed E-state index contributed by atoms with van der Waals surface area (Å²) in [6, 6.07) is 12.1. The molecule has 4 rings (SSSR count). The summed E-state index contributed by atoms with van der Waals surface area (Å²) in [5.41, 5.74) is 4.56. The Morgan fingerprint density at radius 1 is 1.12 bits per heavy atom. The molecular formula is C28H31ClF3N3O5S. The third kappa shape index (κ3) is 8.88. The Morgan fingerprint density at radius 2 is 1.76 bits per heavy atom. The van der Waals surface area contributed by atoms with Crippen molar-refractivity contribution in [3.8, 4) is 26.9 Å². The van der Waals surface area contributed by atoms with E-state index in [1.807, 2.05) is 32.0 Å². The first-order chi connectivity index (χ1) is 19.3. The number of rotatable bonds is 8. The van der Waals surface area contributed by atoms with Gasteiger partial charge in [0.05, 0.1) is 17.0 Å². The second-order valence-electron chi connectivity index (χ2n) is 9.71. The molecule has 41 heavy (non-hydrogen) atoms. The van der Waals surface area contributed by atoms with Crippen LogP contribution in [0.25, 0.3) is 21.1 Å². The smallest absolute Gasteiger partial charge is 0.489 e. The Hall–Kier alpha value is -3.22. The van der Waals surface area contributed by atoms with Crippen molar-refractivity contribution in [2.75, 3.05) is 13.1 Å². The molecule has 1 aliphatic rings. The van der Waals surface area contributed by atoms with Crippen molar-refractivity contribution in [2.24, 2.45) is 5.92 Å². The molecular weight excluding hydrogens is 583 g/mol. The van der Waals surface area contributed by atoms with Crippen LogP contribution in [0.15, 0.2) is 36.4 Å². The summed E-state index contributed by atoms with van der Waals surface area (Å²) in [5, 5.41) is 27.6. The number of aromatic nitrogens is 2. The molecule has 8 nitrogen and oxygen atoms in total. The van der Waals surface area contributed by atoms with Gasteiger partial charge in [-0.15, -0.1) is 10.2 Å². The van der Waals surface area contributed by atoms with Crippen LogP contribution in [-0.4, -0.2) is 62.6 Å². The molecule has 2 N–H and O–H groups in total. The third-order valence-electron chi connectivity index (χ3n) is 6.40. The van der Waals surface area contributed by atoms with Gasteiger partial charge in [-0.3, -0.25) is 9.69 Å². The van der Waals surface area contributed by atoms with E-state index in [2.05, 4.69) is 40.2 Å². The molecule has 0 unspecified atom stereocenters. The van der Waals surface area contributed by atoms with Gasteiger partial charge in [-0.25, -0.2) is 4.79 Å². The lowest BCUT2D eigenvalue weighted by atomic mass is 9.95. The van der Waals surface area contributed by atoms with E-state index in [9.17, 15) is 23.1 Å². The summed E-state index contributed by atoms with van der Waals surface area (Å²) < 4.78 is 37.5. The number of halogens is 4. The third-order valence-corrected chi connectivity index (χ3v) is 7.70. The van der Waals surface area contributed by atoms with E-state index in [0.29, 0.717) is 23.6 Å². The summed E-state index contributed by atoms with van der Waals surface area (Å²) in [6.07, 6.45) is -2.72. The lowest BCUT2D eigenvalue weighted by Crippen LogP contribution is -2.36. The lowest BCUT2D eigenvalue weighted by molar-refractivity contribution is -0.192. The van der Waals surface area contributed by atoms with Crippen LogP contribution >= 0.6 is 22.9 Å². The highest BCUT2D eigenvalue weighted by Gasteiger charge is 2.38. The molecule has 1 aromatic heterocycles. The van der Waals surface area contributed by atoms with Gasteiger partial charge in [-0.05, 0) is 75.5 Å². The van der Waals surface area contributed by atoms with Crippen LogP contribution in [0.3, 0.4) is 0 Å². The molecule has 0 saturated carbocycles. The van der Waals surface area contributed by atoms with Crippen LogP contribution in [-0.2, 0) is 22.6 Å². The van der Waals surface area contributed by atoms with E-state index in [0.717, 1.165) is 47.2 Å². The number of carboxylic acid groups (broad SMARTS) is 2. The van der Waals surface area contributed by atoms with Crippen LogP contribution in [0.2, 0.25) is 5.02 Å². The zero-order valence-corrected chi connectivity index (χ0v) is 24.3. The fraction of sp³-hybridized carbons (Fsp3) is 0.429. The van der Waals surface area contributed by atoms with Gasteiger partial charge in [-0.1, -0.05) is 48.1 Å². The Morgan fingerprint density at radius 3 is 2.29 bits per heavy atom. The van der Waals surface area contributed by atoms with Crippen molar-refractivity contribution >= 4 is 34.9 Å². The van der Waals surface area contributed by atoms with Crippen molar-refractivity contribution in [3.63, 3.8) is 0 Å². The molecule has 0 spiro atoms. The van der Waals surface area contributed by atoms with Gasteiger partial charge in [0, 0.05) is 17.7 Å². The Kier molecular flexibility index (Phi) is 11.1. The molecule has 13 heteroatoms. The van der Waals surface area contributed by atoms with Crippen LogP contribution in [0.5, 0.6) is 5.75 Å². The minimum atomic E-state index is -5.08. The number of benzene rings is 2. The van der Waals surface area contributed by atoms with E-state index < -0.39 is 18.1 Å². The Labute approximate surface area is 244 Å². The molecule has 2 heterocycles. The molecule has 1 aliphatic heterocycles. The van der Waals surface area contributed by atoms with Crippen LogP contribution < -0.4 is 4.74 Å². The molecule has 2 aromatic carbocycles. The first-order valence-electron chi connectivity index (χ1n) is 13.0.